The van der Waals surface area contributed by atoms with E-state index in [1.807, 2.05) is 20.9 Å². The zero-order valence-corrected chi connectivity index (χ0v) is 12.1. The third-order valence-corrected chi connectivity index (χ3v) is 2.96. The van der Waals surface area contributed by atoms with Crippen LogP contribution in [0, 0.1) is 0 Å². The van der Waals surface area contributed by atoms with Crippen molar-refractivity contribution in [2.75, 3.05) is 19.5 Å². The van der Waals surface area contributed by atoms with Gasteiger partial charge in [-0.15, -0.1) is 0 Å². The molecule has 102 valence electrons. The number of methoxy groups -OCH3 is 1. The number of halogens is 1. The molecule has 1 aliphatic carbocycles. The van der Waals surface area contributed by atoms with Crippen LogP contribution in [0.3, 0.4) is 0 Å². The van der Waals surface area contributed by atoms with Crippen molar-refractivity contribution in [1.82, 2.24) is 4.98 Å². The molecule has 1 aromatic heterocycles. The van der Waals surface area contributed by atoms with E-state index in [1.54, 1.807) is 19.4 Å². The second kappa shape index (κ2) is 7.44. The summed E-state index contributed by atoms with van der Waals surface area (Å²) in [6, 6.07) is 1.80. The number of hydrogen-bond donors (Lipinski definition) is 1. The lowest BCUT2D eigenvalue weighted by Gasteiger charge is -2.34. The van der Waals surface area contributed by atoms with Crippen LogP contribution in [0.4, 0.5) is 5.69 Å². The molecule has 0 saturated heterocycles. The first-order valence-corrected chi connectivity index (χ1v) is 6.63. The van der Waals surface area contributed by atoms with Gasteiger partial charge in [-0.05, 0) is 6.07 Å². The van der Waals surface area contributed by atoms with Gasteiger partial charge in [0.15, 0.2) is 0 Å². The number of nitrogens with zero attached hydrogens (tertiary/aromatic N) is 1. The van der Waals surface area contributed by atoms with Gasteiger partial charge in [-0.25, -0.2) is 4.98 Å². The van der Waals surface area contributed by atoms with E-state index >= 15 is 0 Å². The van der Waals surface area contributed by atoms with Gasteiger partial charge in [0.05, 0.1) is 16.8 Å². The molecular weight excluding hydrogens is 252 g/mol. The van der Waals surface area contributed by atoms with Crippen LogP contribution in [-0.2, 0) is 4.74 Å². The number of hydrogen-bond acceptors (Lipinski definition) is 4. The summed E-state index contributed by atoms with van der Waals surface area (Å²) in [4.78, 5) is 4.16. The zero-order chi connectivity index (χ0) is 13.5. The van der Waals surface area contributed by atoms with Crippen LogP contribution in [0.5, 0.6) is 5.88 Å². The lowest BCUT2D eigenvalue weighted by molar-refractivity contribution is -0.0393. The fraction of sp³-hybridized carbons (Fsp3) is 0.615. The van der Waals surface area contributed by atoms with Crippen LogP contribution >= 0.6 is 11.6 Å². The summed E-state index contributed by atoms with van der Waals surface area (Å²) in [5.41, 5.74) is 0.813. The Morgan fingerprint density at radius 2 is 2.00 bits per heavy atom. The lowest BCUT2D eigenvalue weighted by Crippen LogP contribution is -2.39. The van der Waals surface area contributed by atoms with E-state index in [9.17, 15) is 0 Å². The van der Waals surface area contributed by atoms with Crippen molar-refractivity contribution >= 4 is 17.3 Å². The molecule has 0 atom stereocenters. The number of nitrogens with one attached hydrogen (secondary N) is 1. The smallest absolute Gasteiger partial charge is 0.237 e. The van der Waals surface area contributed by atoms with Crippen LogP contribution in [0.1, 0.15) is 26.7 Å². The van der Waals surface area contributed by atoms with Crippen molar-refractivity contribution in [3.8, 4) is 5.88 Å². The highest BCUT2D eigenvalue weighted by Crippen LogP contribution is 2.31. The van der Waals surface area contributed by atoms with Crippen LogP contribution in [0.15, 0.2) is 12.3 Å². The maximum absolute atomic E-state index is 5.85. The summed E-state index contributed by atoms with van der Waals surface area (Å²) in [5.74, 6) is 0.603. The minimum Gasteiger partial charge on any atom is -0.473 e. The molecule has 5 heteroatoms. The van der Waals surface area contributed by atoms with Crippen molar-refractivity contribution in [3.05, 3.63) is 17.3 Å². The van der Waals surface area contributed by atoms with E-state index < -0.39 is 0 Å². The molecule has 4 nitrogen and oxygen atoms in total. The summed E-state index contributed by atoms with van der Waals surface area (Å²) >= 11 is 5.85. The van der Waals surface area contributed by atoms with Crippen LogP contribution in [0.25, 0.3) is 0 Å². The summed E-state index contributed by atoms with van der Waals surface area (Å²) in [7, 11) is 3.54. The van der Waals surface area contributed by atoms with E-state index in [0.29, 0.717) is 17.0 Å². The quantitative estimate of drug-likeness (QED) is 0.913. The zero-order valence-electron chi connectivity index (χ0n) is 11.4. The molecule has 1 saturated carbocycles. The van der Waals surface area contributed by atoms with E-state index in [0.717, 1.165) is 18.5 Å². The number of pyridine rings is 1. The van der Waals surface area contributed by atoms with Gasteiger partial charge in [-0.1, -0.05) is 25.4 Å². The van der Waals surface area contributed by atoms with Crippen LogP contribution in [-0.4, -0.2) is 31.3 Å². The lowest BCUT2D eigenvalue weighted by atomic mass is 9.92. The van der Waals surface area contributed by atoms with Crippen molar-refractivity contribution < 1.29 is 9.47 Å². The predicted molar refractivity (Wildman–Crippen MR) is 74.6 cm³/mol. The van der Waals surface area contributed by atoms with E-state index in [1.165, 1.54) is 0 Å². The Morgan fingerprint density at radius 3 is 2.56 bits per heavy atom. The molecule has 0 radical (unpaired) electrons. The second-order valence-corrected chi connectivity index (χ2v) is 4.26. The molecule has 1 fully saturated rings. The Morgan fingerprint density at radius 1 is 1.33 bits per heavy atom. The third-order valence-electron chi connectivity index (χ3n) is 2.75. The maximum atomic E-state index is 5.85. The molecule has 0 spiro atoms. The minimum atomic E-state index is 0.200. The second-order valence-electron chi connectivity index (χ2n) is 3.83. The number of aromatic nitrogens is 1. The first-order valence-electron chi connectivity index (χ1n) is 6.25. The molecule has 1 aliphatic rings. The van der Waals surface area contributed by atoms with Gasteiger partial charge in [0.25, 0.3) is 0 Å². The number of rotatable bonds is 4. The molecule has 1 aromatic rings. The monoisotopic (exact) mass is 272 g/mol. The molecular formula is C13H21ClN2O2. The molecule has 1 N–H and O–H groups in total. The molecule has 1 heterocycles. The van der Waals surface area contributed by atoms with E-state index in [4.69, 9.17) is 21.1 Å². The Bertz CT molecular complexity index is 368. The highest BCUT2D eigenvalue weighted by molar-refractivity contribution is 6.30. The highest BCUT2D eigenvalue weighted by Gasteiger charge is 2.31. The topological polar surface area (TPSA) is 43.4 Å². The van der Waals surface area contributed by atoms with Crippen LogP contribution < -0.4 is 10.1 Å². The van der Waals surface area contributed by atoms with Gasteiger partial charge in [-0.2, -0.15) is 0 Å². The van der Waals surface area contributed by atoms with Crippen molar-refractivity contribution in [1.29, 1.82) is 0 Å². The molecule has 0 aliphatic heterocycles. The fourth-order valence-electron chi connectivity index (χ4n) is 1.66. The van der Waals surface area contributed by atoms with Gasteiger partial charge in [0.1, 0.15) is 6.10 Å². The molecule has 0 aromatic carbocycles. The normalized spacial score (nSPS) is 21.4. The molecule has 18 heavy (non-hydrogen) atoms. The standard InChI is InChI=1S/C11H15ClN2O2.C2H6/c1-13-10-3-7(12)6-14-11(10)16-9-4-8(5-9)15-2;1-2/h3,6,8-9,13H,4-5H2,1-2H3;1-2H3. The Kier molecular flexibility index (Phi) is 6.22. The Labute approximate surface area is 114 Å². The van der Waals surface area contributed by atoms with Crippen molar-refractivity contribution in [2.24, 2.45) is 0 Å². The highest BCUT2D eigenvalue weighted by atomic mass is 35.5. The first kappa shape index (κ1) is 15.1. The molecule has 0 amide bonds. The molecule has 0 bridgehead atoms. The Hall–Kier alpha value is -1.00. The largest absolute Gasteiger partial charge is 0.473 e. The average Bonchev–Trinajstić information content (AvgIpc) is 2.37. The summed E-state index contributed by atoms with van der Waals surface area (Å²) in [6.45, 7) is 4.00. The van der Waals surface area contributed by atoms with Gasteiger partial charge in [0, 0.05) is 33.2 Å². The first-order chi connectivity index (χ1) is 8.72. The molecule has 2 rings (SSSR count). The van der Waals surface area contributed by atoms with Crippen molar-refractivity contribution in [2.45, 2.75) is 38.9 Å². The van der Waals surface area contributed by atoms with Gasteiger partial charge < -0.3 is 14.8 Å². The summed E-state index contributed by atoms with van der Waals surface area (Å²) < 4.78 is 10.9. The predicted octanol–water partition coefficient (Wildman–Crippen LogP) is 3.36. The van der Waals surface area contributed by atoms with E-state index in [-0.39, 0.29) is 6.10 Å². The minimum absolute atomic E-state index is 0.200. The van der Waals surface area contributed by atoms with Gasteiger partial charge >= 0.3 is 0 Å². The fourth-order valence-corrected chi connectivity index (χ4v) is 1.82. The van der Waals surface area contributed by atoms with Crippen molar-refractivity contribution in [3.63, 3.8) is 0 Å². The SMILES string of the molecule is CC.CNc1cc(Cl)cnc1OC1CC(OC)C1. The van der Waals surface area contributed by atoms with Gasteiger partial charge in [0.2, 0.25) is 5.88 Å². The summed E-state index contributed by atoms with van der Waals surface area (Å²) in [5, 5.41) is 3.61. The number of ether oxygens (including phenoxy) is 2. The summed E-state index contributed by atoms with van der Waals surface area (Å²) in [6.07, 6.45) is 3.96. The average molecular weight is 273 g/mol. The number of anilines is 1. The van der Waals surface area contributed by atoms with Crippen LogP contribution in [0.2, 0.25) is 5.02 Å². The third kappa shape index (κ3) is 3.75. The van der Waals surface area contributed by atoms with E-state index in [2.05, 4.69) is 10.3 Å². The molecule has 0 unspecified atom stereocenters. The maximum Gasteiger partial charge on any atom is 0.237 e. The Balaban J connectivity index is 0.000000771. The van der Waals surface area contributed by atoms with Gasteiger partial charge in [-0.3, -0.25) is 0 Å².